The van der Waals surface area contributed by atoms with Crippen LogP contribution in [0.5, 0.6) is 5.75 Å². The highest BCUT2D eigenvalue weighted by molar-refractivity contribution is 5.96. The molecule has 2 unspecified atom stereocenters. The number of nitrogens with one attached hydrogen (secondary N) is 1. The Morgan fingerprint density at radius 2 is 2.15 bits per heavy atom. The Kier molecular flexibility index (Phi) is 4.21. The van der Waals surface area contributed by atoms with E-state index in [0.717, 1.165) is 6.42 Å². The summed E-state index contributed by atoms with van der Waals surface area (Å²) in [4.78, 5) is 22.7. The number of carbonyl (C=O) groups excluding carboxylic acids is 1. The summed E-state index contributed by atoms with van der Waals surface area (Å²) in [5.41, 5.74) is 5.57. The molecule has 0 aliphatic carbocycles. The van der Waals surface area contributed by atoms with E-state index >= 15 is 0 Å². The molecule has 20 heavy (non-hydrogen) atoms. The number of benzene rings is 1. The highest BCUT2D eigenvalue weighted by atomic mass is 16.5. The van der Waals surface area contributed by atoms with E-state index in [2.05, 4.69) is 5.32 Å². The highest BCUT2D eigenvalue weighted by Gasteiger charge is 2.29. The van der Waals surface area contributed by atoms with E-state index in [1.807, 2.05) is 0 Å². The normalized spacial score (nSPS) is 21.6. The molecule has 0 aromatic heterocycles. The van der Waals surface area contributed by atoms with Crippen LogP contribution in [-0.4, -0.2) is 40.8 Å². The summed E-state index contributed by atoms with van der Waals surface area (Å²) in [6, 6.07) is 3.83. The number of nitrogens with two attached hydrogens (primary N) is 1. The monoisotopic (exact) mass is 280 g/mol. The molecule has 1 aromatic rings. The lowest BCUT2D eigenvalue weighted by Crippen LogP contribution is -2.29. The molecule has 0 spiro atoms. The third-order valence-corrected chi connectivity index (χ3v) is 3.16. The molecule has 108 valence electrons. The van der Waals surface area contributed by atoms with E-state index < -0.39 is 17.8 Å². The topological polar surface area (TPSA) is 122 Å². The minimum absolute atomic E-state index is 0.103. The number of carboxylic acid groups (broad SMARTS) is 1. The zero-order valence-corrected chi connectivity index (χ0v) is 10.7. The Morgan fingerprint density at radius 1 is 1.40 bits per heavy atom. The molecule has 1 aromatic carbocycles. The van der Waals surface area contributed by atoms with Crippen molar-refractivity contribution in [1.29, 1.82) is 0 Å². The SMILES string of the molecule is NCC1CCC(C(=O)Nc2ccc(C(=O)O)c(O)c2)O1. The molecule has 0 radical (unpaired) electrons. The van der Waals surface area contributed by atoms with Crippen molar-refractivity contribution < 1.29 is 24.5 Å². The number of amides is 1. The number of aromatic hydroxyl groups is 1. The molecule has 1 amide bonds. The Hall–Kier alpha value is -2.12. The Morgan fingerprint density at radius 3 is 2.70 bits per heavy atom. The van der Waals surface area contributed by atoms with Crippen molar-refractivity contribution in [3.8, 4) is 5.75 Å². The van der Waals surface area contributed by atoms with Gasteiger partial charge in [-0.3, -0.25) is 4.79 Å². The van der Waals surface area contributed by atoms with E-state index in [9.17, 15) is 14.7 Å². The van der Waals surface area contributed by atoms with E-state index in [-0.39, 0.29) is 17.6 Å². The maximum absolute atomic E-state index is 11.9. The summed E-state index contributed by atoms with van der Waals surface area (Å²) >= 11 is 0. The van der Waals surface area contributed by atoms with Crippen molar-refractivity contribution in [3.05, 3.63) is 23.8 Å². The average molecular weight is 280 g/mol. The smallest absolute Gasteiger partial charge is 0.339 e. The molecule has 1 fully saturated rings. The van der Waals surface area contributed by atoms with Gasteiger partial charge in [0.2, 0.25) is 0 Å². The lowest BCUT2D eigenvalue weighted by molar-refractivity contribution is -0.126. The third kappa shape index (κ3) is 3.06. The first-order chi connectivity index (χ1) is 9.51. The minimum Gasteiger partial charge on any atom is -0.507 e. The van der Waals surface area contributed by atoms with Gasteiger partial charge in [0, 0.05) is 18.3 Å². The van der Waals surface area contributed by atoms with Crippen LogP contribution in [0.25, 0.3) is 0 Å². The van der Waals surface area contributed by atoms with Gasteiger partial charge in [-0.15, -0.1) is 0 Å². The maximum atomic E-state index is 11.9. The van der Waals surface area contributed by atoms with Gasteiger partial charge in [0.1, 0.15) is 17.4 Å². The molecule has 1 aliphatic heterocycles. The number of carbonyl (C=O) groups is 2. The van der Waals surface area contributed by atoms with Gasteiger partial charge in [-0.25, -0.2) is 4.79 Å². The van der Waals surface area contributed by atoms with Crippen LogP contribution < -0.4 is 11.1 Å². The molecule has 1 heterocycles. The predicted molar refractivity (Wildman–Crippen MR) is 70.6 cm³/mol. The summed E-state index contributed by atoms with van der Waals surface area (Å²) in [6.07, 6.45) is 0.656. The zero-order chi connectivity index (χ0) is 14.7. The van der Waals surface area contributed by atoms with Gasteiger partial charge in [0.05, 0.1) is 6.10 Å². The summed E-state index contributed by atoms with van der Waals surface area (Å²) in [5.74, 6) is -1.96. The fraction of sp³-hybridized carbons (Fsp3) is 0.385. The zero-order valence-electron chi connectivity index (χ0n) is 10.7. The van der Waals surface area contributed by atoms with Gasteiger partial charge in [0.15, 0.2) is 0 Å². The number of aromatic carboxylic acids is 1. The Bertz CT molecular complexity index is 531. The van der Waals surface area contributed by atoms with Crippen molar-refractivity contribution >= 4 is 17.6 Å². The van der Waals surface area contributed by atoms with Crippen LogP contribution in [0, 0.1) is 0 Å². The molecule has 2 atom stereocenters. The molecule has 1 aliphatic rings. The number of anilines is 1. The first-order valence-corrected chi connectivity index (χ1v) is 6.24. The van der Waals surface area contributed by atoms with E-state index in [1.54, 1.807) is 0 Å². The lowest BCUT2D eigenvalue weighted by atomic mass is 10.1. The number of rotatable bonds is 4. The van der Waals surface area contributed by atoms with Crippen molar-refractivity contribution in [2.45, 2.75) is 25.0 Å². The van der Waals surface area contributed by atoms with Gasteiger partial charge >= 0.3 is 5.97 Å². The lowest BCUT2D eigenvalue weighted by Gasteiger charge is -2.13. The molecule has 0 saturated carbocycles. The van der Waals surface area contributed by atoms with Gasteiger partial charge < -0.3 is 26.0 Å². The maximum Gasteiger partial charge on any atom is 0.339 e. The van der Waals surface area contributed by atoms with Crippen LogP contribution in [0.4, 0.5) is 5.69 Å². The summed E-state index contributed by atoms with van der Waals surface area (Å²) in [6.45, 7) is 0.373. The predicted octanol–water partition coefficient (Wildman–Crippen LogP) is 0.535. The van der Waals surface area contributed by atoms with E-state index in [1.165, 1.54) is 18.2 Å². The van der Waals surface area contributed by atoms with Crippen LogP contribution in [0.1, 0.15) is 23.2 Å². The Labute approximate surface area is 115 Å². The van der Waals surface area contributed by atoms with Crippen LogP contribution in [0.2, 0.25) is 0 Å². The first kappa shape index (κ1) is 14.3. The molecular weight excluding hydrogens is 264 g/mol. The second-order valence-corrected chi connectivity index (χ2v) is 4.59. The molecular formula is C13H16N2O5. The number of carboxylic acids is 1. The van der Waals surface area contributed by atoms with Gasteiger partial charge in [-0.2, -0.15) is 0 Å². The fourth-order valence-electron chi connectivity index (χ4n) is 2.08. The molecule has 0 bridgehead atoms. The molecule has 7 heteroatoms. The second-order valence-electron chi connectivity index (χ2n) is 4.59. The first-order valence-electron chi connectivity index (χ1n) is 6.24. The molecule has 7 nitrogen and oxygen atoms in total. The van der Waals surface area contributed by atoms with Crippen LogP contribution in [0.15, 0.2) is 18.2 Å². The fourth-order valence-corrected chi connectivity index (χ4v) is 2.08. The van der Waals surface area contributed by atoms with Crippen molar-refractivity contribution in [2.75, 3.05) is 11.9 Å². The van der Waals surface area contributed by atoms with Crippen LogP contribution in [0.3, 0.4) is 0 Å². The largest absolute Gasteiger partial charge is 0.507 e. The number of hydrogen-bond donors (Lipinski definition) is 4. The number of hydrogen-bond acceptors (Lipinski definition) is 5. The third-order valence-electron chi connectivity index (χ3n) is 3.16. The number of ether oxygens (including phenoxy) is 1. The Balaban J connectivity index is 2.02. The van der Waals surface area contributed by atoms with Gasteiger partial charge in [-0.05, 0) is 25.0 Å². The molecule has 1 saturated heterocycles. The van der Waals surface area contributed by atoms with Crippen LogP contribution in [-0.2, 0) is 9.53 Å². The van der Waals surface area contributed by atoms with Gasteiger partial charge in [0.25, 0.3) is 5.91 Å². The summed E-state index contributed by atoms with van der Waals surface area (Å²) in [7, 11) is 0. The standard InChI is InChI=1S/C13H16N2O5/c14-6-8-2-4-11(20-8)12(17)15-7-1-3-9(13(18)19)10(16)5-7/h1,3,5,8,11,16H,2,4,6,14H2,(H,15,17)(H,18,19). The molecule has 5 N–H and O–H groups in total. The highest BCUT2D eigenvalue weighted by Crippen LogP contribution is 2.24. The summed E-state index contributed by atoms with van der Waals surface area (Å²) in [5, 5.41) is 20.9. The van der Waals surface area contributed by atoms with E-state index in [4.69, 9.17) is 15.6 Å². The average Bonchev–Trinajstić information content (AvgIpc) is 2.87. The van der Waals surface area contributed by atoms with Crippen molar-refractivity contribution in [3.63, 3.8) is 0 Å². The minimum atomic E-state index is -1.23. The summed E-state index contributed by atoms with van der Waals surface area (Å²) < 4.78 is 5.44. The molecule has 2 rings (SSSR count). The second kappa shape index (κ2) is 5.89. The van der Waals surface area contributed by atoms with E-state index in [0.29, 0.717) is 18.7 Å². The van der Waals surface area contributed by atoms with Crippen molar-refractivity contribution in [1.82, 2.24) is 0 Å². The van der Waals surface area contributed by atoms with Crippen molar-refractivity contribution in [2.24, 2.45) is 5.73 Å². The van der Waals surface area contributed by atoms with Gasteiger partial charge in [-0.1, -0.05) is 0 Å². The quantitative estimate of drug-likeness (QED) is 0.638. The number of phenols is 1. The van der Waals surface area contributed by atoms with Crippen LogP contribution >= 0.6 is 0 Å².